The first-order valence-corrected chi connectivity index (χ1v) is 6.22. The van der Waals surface area contributed by atoms with E-state index in [1.807, 2.05) is 0 Å². The Bertz CT molecular complexity index is 296. The minimum absolute atomic E-state index is 0.634. The first-order valence-electron chi connectivity index (χ1n) is 6.22. The summed E-state index contributed by atoms with van der Waals surface area (Å²) in [5.74, 6) is 4.48. The molecule has 7 unspecified atom stereocenters. The third kappa shape index (κ3) is 0.735. The molecule has 0 aromatic rings. The van der Waals surface area contributed by atoms with Gasteiger partial charge in [0, 0.05) is 0 Å². The Morgan fingerprint density at radius 3 is 2.71 bits per heavy atom. The van der Waals surface area contributed by atoms with E-state index in [0.29, 0.717) is 12.2 Å². The van der Waals surface area contributed by atoms with Gasteiger partial charge < -0.3 is 4.74 Å². The molecule has 2 aliphatic carbocycles. The van der Waals surface area contributed by atoms with Crippen LogP contribution in [0.2, 0.25) is 0 Å². The molecule has 4 aliphatic rings. The predicted molar refractivity (Wildman–Crippen MR) is 54.8 cm³/mol. The largest absolute Gasteiger partial charge is 0.374 e. The summed E-state index contributed by atoms with van der Waals surface area (Å²) < 4.78 is 6.18. The summed E-state index contributed by atoms with van der Waals surface area (Å²) in [7, 11) is 0. The Hall–Kier alpha value is -0.300. The second-order valence-corrected chi connectivity index (χ2v) is 5.65. The van der Waals surface area contributed by atoms with E-state index >= 15 is 0 Å². The molecule has 1 heteroatoms. The van der Waals surface area contributed by atoms with Crippen molar-refractivity contribution in [1.29, 1.82) is 0 Å². The lowest BCUT2D eigenvalue weighted by Gasteiger charge is -2.32. The number of fused-ring (bicyclic) bond motifs is 9. The van der Waals surface area contributed by atoms with Crippen molar-refractivity contribution in [2.45, 2.75) is 38.4 Å². The van der Waals surface area contributed by atoms with Gasteiger partial charge in [-0.15, -0.1) is 0 Å². The van der Waals surface area contributed by atoms with Crippen molar-refractivity contribution in [3.63, 3.8) is 0 Å². The van der Waals surface area contributed by atoms with Crippen LogP contribution in [0.3, 0.4) is 0 Å². The van der Waals surface area contributed by atoms with E-state index in [2.05, 4.69) is 19.1 Å². The number of ether oxygens (including phenoxy) is 1. The summed E-state index contributed by atoms with van der Waals surface area (Å²) >= 11 is 0. The Morgan fingerprint density at radius 1 is 1.14 bits per heavy atom. The minimum atomic E-state index is 0.634. The molecule has 76 valence electrons. The van der Waals surface area contributed by atoms with Gasteiger partial charge in [-0.25, -0.2) is 0 Å². The fourth-order valence-electron chi connectivity index (χ4n) is 4.74. The van der Waals surface area contributed by atoms with Crippen LogP contribution in [0.15, 0.2) is 12.2 Å². The molecule has 0 radical (unpaired) electrons. The molecular formula is C13H18O. The first kappa shape index (κ1) is 7.92. The van der Waals surface area contributed by atoms with Crippen LogP contribution >= 0.6 is 0 Å². The molecule has 4 rings (SSSR count). The fraction of sp³-hybridized carbons (Fsp3) is 0.846. The van der Waals surface area contributed by atoms with Crippen LogP contribution in [0.5, 0.6) is 0 Å². The highest BCUT2D eigenvalue weighted by molar-refractivity contribution is 5.20. The molecule has 14 heavy (non-hydrogen) atoms. The van der Waals surface area contributed by atoms with Gasteiger partial charge in [-0.05, 0) is 42.4 Å². The molecule has 0 aromatic heterocycles. The molecule has 2 aliphatic heterocycles. The topological polar surface area (TPSA) is 9.23 Å². The molecule has 1 saturated carbocycles. The van der Waals surface area contributed by atoms with Gasteiger partial charge in [0.15, 0.2) is 0 Å². The summed E-state index contributed by atoms with van der Waals surface area (Å²) in [6.45, 7) is 2.33. The van der Waals surface area contributed by atoms with Crippen LogP contribution in [-0.4, -0.2) is 12.2 Å². The van der Waals surface area contributed by atoms with E-state index in [9.17, 15) is 0 Å². The minimum Gasteiger partial charge on any atom is -0.374 e. The number of hydrogen-bond donors (Lipinski definition) is 0. The van der Waals surface area contributed by atoms with Gasteiger partial charge in [0.2, 0.25) is 0 Å². The molecule has 7 atom stereocenters. The second-order valence-electron chi connectivity index (χ2n) is 5.65. The van der Waals surface area contributed by atoms with Crippen molar-refractivity contribution in [2.24, 2.45) is 29.6 Å². The van der Waals surface area contributed by atoms with Crippen molar-refractivity contribution in [3.8, 4) is 0 Å². The van der Waals surface area contributed by atoms with E-state index in [1.165, 1.54) is 19.3 Å². The third-order valence-electron chi connectivity index (χ3n) is 5.25. The highest BCUT2D eigenvalue weighted by atomic mass is 16.5. The molecule has 0 spiro atoms. The molecule has 2 heterocycles. The van der Waals surface area contributed by atoms with E-state index < -0.39 is 0 Å². The van der Waals surface area contributed by atoms with E-state index in [4.69, 9.17) is 4.74 Å². The lowest BCUT2D eigenvalue weighted by atomic mass is 9.69. The highest BCUT2D eigenvalue weighted by Gasteiger charge is 2.61. The summed E-state index contributed by atoms with van der Waals surface area (Å²) in [6, 6.07) is 0. The Kier molecular flexibility index (Phi) is 1.38. The van der Waals surface area contributed by atoms with Gasteiger partial charge in [0.25, 0.3) is 0 Å². The summed E-state index contributed by atoms with van der Waals surface area (Å²) in [6.07, 6.45) is 10.3. The van der Waals surface area contributed by atoms with E-state index in [1.54, 1.807) is 0 Å². The van der Waals surface area contributed by atoms with Gasteiger partial charge in [-0.1, -0.05) is 25.5 Å². The van der Waals surface area contributed by atoms with E-state index in [0.717, 1.165) is 29.6 Å². The lowest BCUT2D eigenvalue weighted by Crippen LogP contribution is -2.35. The van der Waals surface area contributed by atoms with Crippen molar-refractivity contribution in [2.75, 3.05) is 0 Å². The molecule has 3 fully saturated rings. The van der Waals surface area contributed by atoms with Crippen LogP contribution < -0.4 is 0 Å². The second kappa shape index (κ2) is 2.44. The summed E-state index contributed by atoms with van der Waals surface area (Å²) in [5, 5.41) is 0. The first-order chi connectivity index (χ1) is 6.88. The van der Waals surface area contributed by atoms with Gasteiger partial charge in [-0.2, -0.15) is 0 Å². The molecule has 4 bridgehead atoms. The smallest absolute Gasteiger partial charge is 0.0645 e. The quantitative estimate of drug-likeness (QED) is 0.577. The highest BCUT2D eigenvalue weighted by Crippen LogP contribution is 2.61. The maximum absolute atomic E-state index is 6.18. The molecule has 0 amide bonds. The molecule has 0 aromatic carbocycles. The predicted octanol–water partition coefficient (Wildman–Crippen LogP) is 2.62. The lowest BCUT2D eigenvalue weighted by molar-refractivity contribution is 0.0621. The summed E-state index contributed by atoms with van der Waals surface area (Å²) in [5.41, 5.74) is 0. The zero-order valence-electron chi connectivity index (χ0n) is 8.73. The third-order valence-corrected chi connectivity index (χ3v) is 5.25. The number of allylic oxidation sites excluding steroid dienone is 2. The SMILES string of the molecule is CCC1CC2OC1C1C3C=CC(C3)C21. The standard InChI is InChI=1S/C13H18O/c1-2-7-6-10-11-8-3-4-9(5-8)12(11)13(7)14-10/h3-4,7-13H,2,5-6H2,1H3. The zero-order valence-corrected chi connectivity index (χ0v) is 8.73. The molecule has 0 N–H and O–H groups in total. The fourth-order valence-corrected chi connectivity index (χ4v) is 4.74. The van der Waals surface area contributed by atoms with Gasteiger partial charge in [-0.3, -0.25) is 0 Å². The average molecular weight is 190 g/mol. The number of hydrogen-bond acceptors (Lipinski definition) is 1. The Morgan fingerprint density at radius 2 is 1.93 bits per heavy atom. The van der Waals surface area contributed by atoms with Crippen LogP contribution in [0, 0.1) is 29.6 Å². The van der Waals surface area contributed by atoms with Crippen molar-refractivity contribution >= 4 is 0 Å². The van der Waals surface area contributed by atoms with Crippen LogP contribution in [0.4, 0.5) is 0 Å². The monoisotopic (exact) mass is 190 g/mol. The normalized spacial score (nSPS) is 62.5. The van der Waals surface area contributed by atoms with Crippen LogP contribution in [0.1, 0.15) is 26.2 Å². The van der Waals surface area contributed by atoms with E-state index in [-0.39, 0.29) is 0 Å². The summed E-state index contributed by atoms with van der Waals surface area (Å²) in [4.78, 5) is 0. The van der Waals surface area contributed by atoms with Crippen LogP contribution in [0.25, 0.3) is 0 Å². The Balaban J connectivity index is 1.72. The number of rotatable bonds is 1. The molecule has 2 saturated heterocycles. The maximum Gasteiger partial charge on any atom is 0.0645 e. The Labute approximate surface area is 85.5 Å². The van der Waals surface area contributed by atoms with Crippen molar-refractivity contribution in [3.05, 3.63) is 12.2 Å². The van der Waals surface area contributed by atoms with Crippen molar-refractivity contribution < 1.29 is 4.74 Å². The molecule has 1 nitrogen and oxygen atoms in total. The van der Waals surface area contributed by atoms with Crippen molar-refractivity contribution in [1.82, 2.24) is 0 Å². The maximum atomic E-state index is 6.18. The van der Waals surface area contributed by atoms with Gasteiger partial charge in [0.05, 0.1) is 12.2 Å². The van der Waals surface area contributed by atoms with Crippen LogP contribution in [-0.2, 0) is 4.74 Å². The van der Waals surface area contributed by atoms with Gasteiger partial charge in [0.1, 0.15) is 0 Å². The van der Waals surface area contributed by atoms with Gasteiger partial charge >= 0.3 is 0 Å². The zero-order chi connectivity index (χ0) is 9.28. The molecular weight excluding hydrogens is 172 g/mol. The average Bonchev–Trinajstić information content (AvgIpc) is 2.94.